The fourth-order valence-electron chi connectivity index (χ4n) is 4.36. The normalized spacial score (nSPS) is 20.7. The summed E-state index contributed by atoms with van der Waals surface area (Å²) >= 11 is 0. The van der Waals surface area contributed by atoms with Crippen LogP contribution in [-0.2, 0) is 17.9 Å². The fraction of sp³-hybridized carbons (Fsp3) is 0.478. The first-order chi connectivity index (χ1) is 15.3. The molecule has 9 nitrogen and oxygen atoms in total. The van der Waals surface area contributed by atoms with Crippen LogP contribution < -0.4 is 15.4 Å². The molecule has 1 aliphatic carbocycles. The molecule has 1 unspecified atom stereocenters. The van der Waals surface area contributed by atoms with Gasteiger partial charge >= 0.3 is 0 Å². The van der Waals surface area contributed by atoms with Gasteiger partial charge in [-0.3, -0.25) is 19.1 Å². The van der Waals surface area contributed by atoms with E-state index in [0.717, 1.165) is 31.2 Å². The van der Waals surface area contributed by atoms with Gasteiger partial charge in [0.25, 0.3) is 11.8 Å². The van der Waals surface area contributed by atoms with Crippen molar-refractivity contribution in [2.45, 2.75) is 57.3 Å². The van der Waals surface area contributed by atoms with Gasteiger partial charge in [0.15, 0.2) is 5.69 Å². The summed E-state index contributed by atoms with van der Waals surface area (Å²) in [6, 6.07) is 9.04. The molecule has 2 aliphatic rings. The van der Waals surface area contributed by atoms with Crippen molar-refractivity contribution in [1.82, 2.24) is 25.3 Å². The van der Waals surface area contributed by atoms with Gasteiger partial charge in [0.2, 0.25) is 5.91 Å². The summed E-state index contributed by atoms with van der Waals surface area (Å²) in [7, 11) is 3.19. The molecule has 4 rings (SSSR count). The molecule has 3 amide bonds. The maximum atomic E-state index is 13.1. The van der Waals surface area contributed by atoms with Crippen LogP contribution >= 0.6 is 0 Å². The standard InChI is InChI=1S/C23H29N5O4/c1-23(22(31)25-16-9-5-6-10-16)14-28-18(21(30)27(23)2)12-17(26-28)20(29)24-13-15-8-4-7-11-19(15)32-3/h4,7-8,11-12,16H,5-6,9-10,13-14H2,1-3H3,(H,24,29)(H,25,31). The number of methoxy groups -OCH3 is 1. The Hall–Kier alpha value is -3.36. The fourth-order valence-corrected chi connectivity index (χ4v) is 4.36. The highest BCUT2D eigenvalue weighted by Gasteiger charge is 2.46. The second-order valence-electron chi connectivity index (χ2n) is 8.66. The number of nitrogens with zero attached hydrogens (tertiary/aromatic N) is 3. The van der Waals surface area contributed by atoms with Crippen molar-refractivity contribution in [3.8, 4) is 5.75 Å². The summed E-state index contributed by atoms with van der Waals surface area (Å²) in [6.45, 7) is 2.19. The molecule has 0 saturated heterocycles. The first-order valence-electron chi connectivity index (χ1n) is 10.9. The number of hydrogen-bond donors (Lipinski definition) is 2. The lowest BCUT2D eigenvalue weighted by atomic mass is 9.95. The van der Waals surface area contributed by atoms with Crippen molar-refractivity contribution in [2.24, 2.45) is 0 Å². The molecule has 32 heavy (non-hydrogen) atoms. The van der Waals surface area contributed by atoms with E-state index in [4.69, 9.17) is 4.74 Å². The smallest absolute Gasteiger partial charge is 0.272 e. The number of aromatic nitrogens is 2. The summed E-state index contributed by atoms with van der Waals surface area (Å²) in [5.74, 6) is -0.247. The quantitative estimate of drug-likeness (QED) is 0.713. The summed E-state index contributed by atoms with van der Waals surface area (Å²) < 4.78 is 6.78. The molecule has 170 valence electrons. The average molecular weight is 440 g/mol. The van der Waals surface area contributed by atoms with Crippen molar-refractivity contribution in [3.05, 3.63) is 47.3 Å². The third-order valence-electron chi connectivity index (χ3n) is 6.55. The molecule has 2 aromatic rings. The third kappa shape index (κ3) is 3.94. The lowest BCUT2D eigenvalue weighted by molar-refractivity contribution is -0.133. The molecule has 2 N–H and O–H groups in total. The summed E-state index contributed by atoms with van der Waals surface area (Å²) in [4.78, 5) is 40.2. The number of hydrogen-bond acceptors (Lipinski definition) is 5. The Bertz CT molecular complexity index is 1040. The zero-order valence-corrected chi connectivity index (χ0v) is 18.7. The largest absolute Gasteiger partial charge is 0.496 e. The van der Waals surface area contributed by atoms with E-state index in [2.05, 4.69) is 15.7 Å². The SMILES string of the molecule is COc1ccccc1CNC(=O)c1cc2n(n1)CC(C)(C(=O)NC1CCCC1)N(C)C2=O. The maximum Gasteiger partial charge on any atom is 0.272 e. The predicted molar refractivity (Wildman–Crippen MR) is 117 cm³/mol. The molecule has 0 radical (unpaired) electrons. The van der Waals surface area contributed by atoms with E-state index < -0.39 is 11.4 Å². The lowest BCUT2D eigenvalue weighted by Crippen LogP contribution is -2.63. The van der Waals surface area contributed by atoms with Crippen molar-refractivity contribution in [1.29, 1.82) is 0 Å². The van der Waals surface area contributed by atoms with Gasteiger partial charge in [-0.05, 0) is 25.8 Å². The molecule has 1 aromatic heterocycles. The molecular weight excluding hydrogens is 410 g/mol. The summed E-state index contributed by atoms with van der Waals surface area (Å²) in [5, 5.41) is 10.2. The van der Waals surface area contributed by atoms with Crippen LogP contribution in [0.25, 0.3) is 0 Å². The number of likely N-dealkylation sites (N-methyl/N-ethyl adjacent to an activating group) is 1. The average Bonchev–Trinajstić information content (AvgIpc) is 3.46. The zero-order chi connectivity index (χ0) is 22.9. The molecule has 1 fully saturated rings. The van der Waals surface area contributed by atoms with Gasteiger partial charge in [-0.2, -0.15) is 5.10 Å². The van der Waals surface area contributed by atoms with Crippen LogP contribution in [0.3, 0.4) is 0 Å². The Morgan fingerprint density at radius 3 is 2.69 bits per heavy atom. The van der Waals surface area contributed by atoms with E-state index in [1.165, 1.54) is 15.6 Å². The predicted octanol–water partition coefficient (Wildman–Crippen LogP) is 1.72. The van der Waals surface area contributed by atoms with Crippen LogP contribution in [0.2, 0.25) is 0 Å². The maximum absolute atomic E-state index is 13.1. The van der Waals surface area contributed by atoms with E-state index in [0.29, 0.717) is 11.4 Å². The molecular formula is C23H29N5O4. The minimum absolute atomic E-state index is 0.136. The van der Waals surface area contributed by atoms with Crippen LogP contribution in [0, 0.1) is 0 Å². The van der Waals surface area contributed by atoms with Crippen LogP contribution in [0.4, 0.5) is 0 Å². The van der Waals surface area contributed by atoms with Crippen LogP contribution in [-0.4, -0.2) is 58.1 Å². The zero-order valence-electron chi connectivity index (χ0n) is 18.7. The number of carbonyl (C=O) groups excluding carboxylic acids is 3. The summed E-state index contributed by atoms with van der Waals surface area (Å²) in [6.07, 6.45) is 4.13. The molecule has 1 aromatic carbocycles. The van der Waals surface area contributed by atoms with Gasteiger partial charge in [0, 0.05) is 31.3 Å². The highest BCUT2D eigenvalue weighted by molar-refractivity contribution is 6.01. The number of benzene rings is 1. The number of carbonyl (C=O) groups is 3. The molecule has 1 atom stereocenters. The Morgan fingerprint density at radius 1 is 1.25 bits per heavy atom. The van der Waals surface area contributed by atoms with Crippen LogP contribution in [0.1, 0.15) is 59.1 Å². The van der Waals surface area contributed by atoms with Crippen molar-refractivity contribution >= 4 is 17.7 Å². The number of amides is 3. The highest BCUT2D eigenvalue weighted by Crippen LogP contribution is 2.27. The van der Waals surface area contributed by atoms with E-state index in [-0.39, 0.29) is 36.6 Å². The number of nitrogens with one attached hydrogen (secondary N) is 2. The monoisotopic (exact) mass is 439 g/mol. The highest BCUT2D eigenvalue weighted by atomic mass is 16.5. The van der Waals surface area contributed by atoms with E-state index >= 15 is 0 Å². The molecule has 1 aliphatic heterocycles. The van der Waals surface area contributed by atoms with Crippen LogP contribution in [0.5, 0.6) is 5.75 Å². The molecule has 9 heteroatoms. The lowest BCUT2D eigenvalue weighted by Gasteiger charge is -2.41. The van der Waals surface area contributed by atoms with E-state index in [1.54, 1.807) is 21.1 Å². The second kappa shape index (κ2) is 8.64. The minimum Gasteiger partial charge on any atom is -0.496 e. The molecule has 2 heterocycles. The number of para-hydroxylation sites is 1. The van der Waals surface area contributed by atoms with Gasteiger partial charge in [-0.1, -0.05) is 31.0 Å². The van der Waals surface area contributed by atoms with Gasteiger partial charge in [0.1, 0.15) is 17.0 Å². The van der Waals surface area contributed by atoms with Gasteiger partial charge in [0.05, 0.1) is 13.7 Å². The Kier molecular flexibility index (Phi) is 5.90. The molecule has 1 saturated carbocycles. The summed E-state index contributed by atoms with van der Waals surface area (Å²) in [5.41, 5.74) is 0.182. The van der Waals surface area contributed by atoms with E-state index in [9.17, 15) is 14.4 Å². The Labute approximate surface area is 187 Å². The Balaban J connectivity index is 1.49. The first-order valence-corrected chi connectivity index (χ1v) is 10.9. The van der Waals surface area contributed by atoms with Crippen molar-refractivity contribution in [2.75, 3.05) is 14.2 Å². The van der Waals surface area contributed by atoms with Gasteiger partial charge in [-0.25, -0.2) is 0 Å². The van der Waals surface area contributed by atoms with E-state index in [1.807, 2.05) is 24.3 Å². The van der Waals surface area contributed by atoms with Gasteiger partial charge < -0.3 is 20.3 Å². The van der Waals surface area contributed by atoms with Gasteiger partial charge in [-0.15, -0.1) is 0 Å². The minimum atomic E-state index is -1.08. The van der Waals surface area contributed by atoms with Crippen molar-refractivity contribution < 1.29 is 19.1 Å². The molecule has 0 bridgehead atoms. The first kappa shape index (κ1) is 21.9. The second-order valence-corrected chi connectivity index (χ2v) is 8.66. The third-order valence-corrected chi connectivity index (χ3v) is 6.55. The van der Waals surface area contributed by atoms with Crippen molar-refractivity contribution in [3.63, 3.8) is 0 Å². The topological polar surface area (TPSA) is 106 Å². The van der Waals surface area contributed by atoms with Crippen LogP contribution in [0.15, 0.2) is 30.3 Å². The number of fused-ring (bicyclic) bond motifs is 1. The molecule has 0 spiro atoms. The number of rotatable bonds is 6. The number of ether oxygens (including phenoxy) is 1. The Morgan fingerprint density at radius 2 is 1.97 bits per heavy atom.